The fourth-order valence-corrected chi connectivity index (χ4v) is 3.64. The highest BCUT2D eigenvalue weighted by Crippen LogP contribution is 2.37. The number of carbonyl (C=O) groups is 1. The van der Waals surface area contributed by atoms with Gasteiger partial charge in [-0.15, -0.1) is 0 Å². The Bertz CT molecular complexity index is 897. The summed E-state index contributed by atoms with van der Waals surface area (Å²) in [4.78, 5) is 22.9. The van der Waals surface area contributed by atoms with Gasteiger partial charge in [-0.2, -0.15) is 0 Å². The number of fused-ring (bicyclic) bond motifs is 1. The van der Waals surface area contributed by atoms with Crippen LogP contribution in [-0.2, 0) is 9.47 Å². The third-order valence-electron chi connectivity index (χ3n) is 4.93. The monoisotopic (exact) mass is 419 g/mol. The molecule has 0 aromatic carbocycles. The van der Waals surface area contributed by atoms with E-state index < -0.39 is 5.60 Å². The van der Waals surface area contributed by atoms with E-state index in [9.17, 15) is 4.79 Å². The number of hydrogen-bond donors (Lipinski definition) is 0. The lowest BCUT2D eigenvalue weighted by molar-refractivity contribution is -0.107. The summed E-state index contributed by atoms with van der Waals surface area (Å²) in [5, 5.41) is 1.11. The third-order valence-corrected chi connectivity index (χ3v) is 5.12. The molecule has 1 aliphatic carbocycles. The van der Waals surface area contributed by atoms with Crippen molar-refractivity contribution < 1.29 is 19.0 Å². The standard InChI is InChI=1S/C21H26ClN3O4/c1-21(2,3)29-20(26)25-10-14(28-17(11-25)13-6-7-13)12-27-19-15-5-4-8-23-16(15)9-18(22)24-19/h4-5,8-9,13-14,17H,6-7,10-12H2,1-3H3/t14-,17-/m0/s1. The average Bonchev–Trinajstić information content (AvgIpc) is 3.49. The molecule has 2 atom stereocenters. The van der Waals surface area contributed by atoms with Gasteiger partial charge < -0.3 is 19.1 Å². The highest BCUT2D eigenvalue weighted by atomic mass is 35.5. The Morgan fingerprint density at radius 3 is 2.86 bits per heavy atom. The van der Waals surface area contributed by atoms with Gasteiger partial charge in [0.2, 0.25) is 5.88 Å². The van der Waals surface area contributed by atoms with Gasteiger partial charge in [-0.05, 0) is 51.7 Å². The number of morpholine rings is 1. The third kappa shape index (κ3) is 5.08. The number of aromatic nitrogens is 2. The second-order valence-electron chi connectivity index (χ2n) is 8.65. The SMILES string of the molecule is CC(C)(C)OC(=O)N1C[C@@H](COc2nc(Cl)cc3ncccc23)O[C@H](C2CC2)C1. The van der Waals surface area contributed by atoms with Gasteiger partial charge in [0.1, 0.15) is 23.5 Å². The first-order chi connectivity index (χ1) is 13.8. The fraction of sp³-hybridized carbons (Fsp3) is 0.571. The molecule has 8 heteroatoms. The molecular formula is C21H26ClN3O4. The second-order valence-corrected chi connectivity index (χ2v) is 9.04. The van der Waals surface area contributed by atoms with E-state index in [1.807, 2.05) is 32.9 Å². The molecule has 0 unspecified atom stereocenters. The van der Waals surface area contributed by atoms with E-state index in [2.05, 4.69) is 9.97 Å². The van der Waals surface area contributed by atoms with Crippen LogP contribution in [0.25, 0.3) is 10.9 Å². The molecule has 1 amide bonds. The first-order valence-corrected chi connectivity index (χ1v) is 10.3. The summed E-state index contributed by atoms with van der Waals surface area (Å²) in [6.07, 6.45) is 3.39. The average molecular weight is 420 g/mol. The summed E-state index contributed by atoms with van der Waals surface area (Å²) in [5.74, 6) is 0.915. The molecule has 2 aromatic heterocycles. The van der Waals surface area contributed by atoms with E-state index in [-0.39, 0.29) is 24.9 Å². The Morgan fingerprint density at radius 2 is 2.14 bits per heavy atom. The van der Waals surface area contributed by atoms with Crippen molar-refractivity contribution in [1.29, 1.82) is 0 Å². The summed E-state index contributed by atoms with van der Waals surface area (Å²) >= 11 is 6.11. The zero-order valence-corrected chi connectivity index (χ0v) is 17.7. The summed E-state index contributed by atoms with van der Waals surface area (Å²) in [6, 6.07) is 5.42. The van der Waals surface area contributed by atoms with Crippen LogP contribution in [0.15, 0.2) is 24.4 Å². The molecule has 7 nitrogen and oxygen atoms in total. The molecule has 1 saturated carbocycles. The van der Waals surface area contributed by atoms with Crippen molar-refractivity contribution >= 4 is 28.6 Å². The van der Waals surface area contributed by atoms with Crippen LogP contribution in [0.5, 0.6) is 5.88 Å². The summed E-state index contributed by atoms with van der Waals surface area (Å²) in [5.41, 5.74) is 0.186. The van der Waals surface area contributed by atoms with E-state index in [0.717, 1.165) is 23.7 Å². The first-order valence-electron chi connectivity index (χ1n) is 9.96. The van der Waals surface area contributed by atoms with Crippen molar-refractivity contribution in [2.45, 2.75) is 51.4 Å². The molecule has 1 aliphatic heterocycles. The van der Waals surface area contributed by atoms with E-state index in [1.54, 1.807) is 17.2 Å². The number of amides is 1. The Hall–Kier alpha value is -2.12. The molecule has 4 rings (SSSR count). The van der Waals surface area contributed by atoms with Gasteiger partial charge in [0.15, 0.2) is 0 Å². The number of rotatable bonds is 4. The summed E-state index contributed by atoms with van der Waals surface area (Å²) in [6.45, 7) is 6.84. The van der Waals surface area contributed by atoms with Crippen LogP contribution in [0.4, 0.5) is 4.79 Å². The van der Waals surface area contributed by atoms with Crippen molar-refractivity contribution in [2.75, 3.05) is 19.7 Å². The largest absolute Gasteiger partial charge is 0.474 e. The minimum atomic E-state index is -0.535. The van der Waals surface area contributed by atoms with Crippen LogP contribution < -0.4 is 4.74 Å². The predicted octanol–water partition coefficient (Wildman–Crippen LogP) is 4.08. The molecule has 156 valence electrons. The van der Waals surface area contributed by atoms with Crippen LogP contribution >= 0.6 is 11.6 Å². The number of nitrogens with zero attached hydrogens (tertiary/aromatic N) is 3. The Kier molecular flexibility index (Phi) is 5.53. The normalized spacial score (nSPS) is 22.6. The maximum absolute atomic E-state index is 12.6. The fourth-order valence-electron chi connectivity index (χ4n) is 3.46. The van der Waals surface area contributed by atoms with E-state index in [1.165, 1.54) is 0 Å². The molecule has 0 bridgehead atoms. The maximum atomic E-state index is 12.6. The molecule has 1 saturated heterocycles. The van der Waals surface area contributed by atoms with Gasteiger partial charge >= 0.3 is 6.09 Å². The van der Waals surface area contributed by atoms with Gasteiger partial charge in [-0.1, -0.05) is 11.6 Å². The Morgan fingerprint density at radius 1 is 1.34 bits per heavy atom. The van der Waals surface area contributed by atoms with E-state index in [4.69, 9.17) is 25.8 Å². The van der Waals surface area contributed by atoms with Gasteiger partial charge in [0.25, 0.3) is 0 Å². The number of halogens is 1. The highest BCUT2D eigenvalue weighted by Gasteiger charge is 2.41. The first kappa shape index (κ1) is 20.2. The molecular weight excluding hydrogens is 394 g/mol. The number of carbonyl (C=O) groups excluding carboxylic acids is 1. The van der Waals surface area contributed by atoms with Gasteiger partial charge in [0, 0.05) is 12.3 Å². The summed E-state index contributed by atoms with van der Waals surface area (Å²) in [7, 11) is 0. The smallest absolute Gasteiger partial charge is 0.410 e. The Balaban J connectivity index is 1.47. The minimum absolute atomic E-state index is 0.00981. The molecule has 29 heavy (non-hydrogen) atoms. The number of hydrogen-bond acceptors (Lipinski definition) is 6. The van der Waals surface area contributed by atoms with Crippen molar-refractivity contribution in [3.05, 3.63) is 29.5 Å². The topological polar surface area (TPSA) is 73.8 Å². The van der Waals surface area contributed by atoms with Crippen molar-refractivity contribution in [3.8, 4) is 5.88 Å². The van der Waals surface area contributed by atoms with Crippen molar-refractivity contribution in [3.63, 3.8) is 0 Å². The van der Waals surface area contributed by atoms with Crippen LogP contribution in [0.2, 0.25) is 5.15 Å². The molecule has 2 fully saturated rings. The van der Waals surface area contributed by atoms with Crippen molar-refractivity contribution in [1.82, 2.24) is 14.9 Å². The summed E-state index contributed by atoms with van der Waals surface area (Å²) < 4.78 is 17.8. The Labute approximate surface area is 175 Å². The maximum Gasteiger partial charge on any atom is 0.410 e. The lowest BCUT2D eigenvalue weighted by Gasteiger charge is -2.38. The second kappa shape index (κ2) is 7.95. The molecule has 2 aromatic rings. The zero-order chi connectivity index (χ0) is 20.6. The van der Waals surface area contributed by atoms with Crippen LogP contribution in [-0.4, -0.2) is 58.5 Å². The zero-order valence-electron chi connectivity index (χ0n) is 16.9. The highest BCUT2D eigenvalue weighted by molar-refractivity contribution is 6.30. The van der Waals surface area contributed by atoms with E-state index >= 15 is 0 Å². The number of pyridine rings is 2. The molecule has 0 spiro atoms. The minimum Gasteiger partial charge on any atom is -0.474 e. The quantitative estimate of drug-likeness (QED) is 0.695. The van der Waals surface area contributed by atoms with Gasteiger partial charge in [-0.3, -0.25) is 4.98 Å². The lowest BCUT2D eigenvalue weighted by atomic mass is 10.1. The van der Waals surface area contributed by atoms with Gasteiger partial charge in [0.05, 0.1) is 30.1 Å². The molecule has 0 radical (unpaired) electrons. The van der Waals surface area contributed by atoms with Crippen LogP contribution in [0.3, 0.4) is 0 Å². The molecule has 0 N–H and O–H groups in total. The molecule has 3 heterocycles. The van der Waals surface area contributed by atoms with Gasteiger partial charge in [-0.25, -0.2) is 9.78 Å². The van der Waals surface area contributed by atoms with Crippen LogP contribution in [0, 0.1) is 5.92 Å². The predicted molar refractivity (Wildman–Crippen MR) is 109 cm³/mol. The van der Waals surface area contributed by atoms with Crippen molar-refractivity contribution in [2.24, 2.45) is 5.92 Å². The number of ether oxygens (including phenoxy) is 3. The molecule has 2 aliphatic rings. The lowest BCUT2D eigenvalue weighted by Crippen LogP contribution is -2.53. The van der Waals surface area contributed by atoms with Crippen LogP contribution in [0.1, 0.15) is 33.6 Å². The van der Waals surface area contributed by atoms with E-state index in [0.29, 0.717) is 30.0 Å².